The second-order valence-electron chi connectivity index (χ2n) is 7.52. The molecule has 1 aliphatic rings. The Balaban J connectivity index is 1.36. The van der Waals surface area contributed by atoms with E-state index in [-0.39, 0.29) is 29.1 Å². The molecule has 1 fully saturated rings. The molecule has 30 heavy (non-hydrogen) atoms. The zero-order valence-corrected chi connectivity index (χ0v) is 17.3. The van der Waals surface area contributed by atoms with Crippen LogP contribution in [0.25, 0.3) is 10.9 Å². The molecule has 1 aromatic heterocycles. The van der Waals surface area contributed by atoms with E-state index in [2.05, 4.69) is 5.32 Å². The number of carbonyl (C=O) groups is 1. The van der Waals surface area contributed by atoms with Crippen molar-refractivity contribution in [2.24, 2.45) is 5.92 Å². The van der Waals surface area contributed by atoms with Crippen molar-refractivity contribution in [3.63, 3.8) is 0 Å². The number of rotatable bonds is 6. The number of hydrogen-bond donors (Lipinski definition) is 1. The van der Waals surface area contributed by atoms with Crippen LogP contribution < -0.4 is 5.32 Å². The normalized spacial score (nSPS) is 17.8. The van der Waals surface area contributed by atoms with E-state index in [1.54, 1.807) is 36.4 Å². The van der Waals surface area contributed by atoms with Crippen LogP contribution in [0.2, 0.25) is 0 Å². The number of sulfonamides is 1. The molecule has 0 spiro atoms. The molecular weight excluding hydrogens is 405 g/mol. The number of nitrogens with one attached hydrogen (secondary N) is 1. The van der Waals surface area contributed by atoms with Gasteiger partial charge in [-0.3, -0.25) is 4.79 Å². The number of carbonyl (C=O) groups excluding carboxylic acids is 1. The van der Waals surface area contributed by atoms with Crippen LogP contribution in [0, 0.1) is 11.7 Å². The molecule has 8 heteroatoms. The van der Waals surface area contributed by atoms with Crippen LogP contribution in [-0.2, 0) is 21.4 Å². The Hall–Kier alpha value is -2.71. The molecule has 0 aliphatic carbocycles. The Morgan fingerprint density at radius 3 is 2.73 bits per heavy atom. The molecule has 2 heterocycles. The highest BCUT2D eigenvalue weighted by atomic mass is 32.2. The Kier molecular flexibility index (Phi) is 5.87. The molecule has 0 radical (unpaired) electrons. The summed E-state index contributed by atoms with van der Waals surface area (Å²) >= 11 is 0. The van der Waals surface area contributed by atoms with E-state index in [9.17, 15) is 17.6 Å². The summed E-state index contributed by atoms with van der Waals surface area (Å²) in [4.78, 5) is 12.9. The SMILES string of the molecule is O=C(NCCn1ccc2ccc(F)cc21)[C@@H]1CCCN(S(=O)(=O)c2ccccc2)C1. The van der Waals surface area contributed by atoms with Crippen LogP contribution in [0.3, 0.4) is 0 Å². The monoisotopic (exact) mass is 429 g/mol. The number of piperidine rings is 1. The predicted molar refractivity (Wildman–Crippen MR) is 113 cm³/mol. The topological polar surface area (TPSA) is 71.4 Å². The Bertz CT molecular complexity index is 1140. The third-order valence-corrected chi connectivity index (χ3v) is 7.40. The zero-order chi connectivity index (χ0) is 21.1. The van der Waals surface area contributed by atoms with Gasteiger partial charge in [-0.2, -0.15) is 4.31 Å². The first kappa shape index (κ1) is 20.6. The first-order valence-corrected chi connectivity index (χ1v) is 11.5. The van der Waals surface area contributed by atoms with Gasteiger partial charge in [0.1, 0.15) is 5.82 Å². The number of hydrogen-bond acceptors (Lipinski definition) is 3. The Labute approximate surface area is 175 Å². The van der Waals surface area contributed by atoms with Gasteiger partial charge in [-0.15, -0.1) is 0 Å². The number of benzene rings is 2. The minimum atomic E-state index is -3.60. The van der Waals surface area contributed by atoms with Crippen molar-refractivity contribution in [1.29, 1.82) is 0 Å². The van der Waals surface area contributed by atoms with Crippen molar-refractivity contribution in [1.82, 2.24) is 14.2 Å². The summed E-state index contributed by atoms with van der Waals surface area (Å²) in [5.74, 6) is -0.824. The van der Waals surface area contributed by atoms with Crippen LogP contribution in [0.5, 0.6) is 0 Å². The largest absolute Gasteiger partial charge is 0.354 e. The van der Waals surface area contributed by atoms with Gasteiger partial charge in [-0.1, -0.05) is 18.2 Å². The molecule has 3 aromatic rings. The van der Waals surface area contributed by atoms with Crippen LogP contribution in [0.1, 0.15) is 12.8 Å². The summed E-state index contributed by atoms with van der Waals surface area (Å²) in [6.45, 7) is 1.50. The molecule has 1 aliphatic heterocycles. The van der Waals surface area contributed by atoms with Crippen molar-refractivity contribution in [2.75, 3.05) is 19.6 Å². The van der Waals surface area contributed by atoms with E-state index in [4.69, 9.17) is 0 Å². The van der Waals surface area contributed by atoms with E-state index in [0.717, 1.165) is 10.9 Å². The fourth-order valence-electron chi connectivity index (χ4n) is 3.91. The third kappa shape index (κ3) is 4.24. The van der Waals surface area contributed by atoms with Gasteiger partial charge < -0.3 is 9.88 Å². The van der Waals surface area contributed by atoms with Gasteiger partial charge in [0.2, 0.25) is 15.9 Å². The standard InChI is InChI=1S/C22H24FN3O3S/c23-19-9-8-17-10-13-25(21(17)15-19)14-11-24-22(27)18-5-4-12-26(16-18)30(28,29)20-6-2-1-3-7-20/h1-3,6-10,13,15,18H,4-5,11-12,14,16H2,(H,24,27)/t18-/m1/s1. The van der Waals surface area contributed by atoms with Crippen LogP contribution in [0.15, 0.2) is 65.7 Å². The van der Waals surface area contributed by atoms with Crippen molar-refractivity contribution < 1.29 is 17.6 Å². The smallest absolute Gasteiger partial charge is 0.243 e. The van der Waals surface area contributed by atoms with E-state index in [1.807, 2.05) is 16.8 Å². The zero-order valence-electron chi connectivity index (χ0n) is 16.5. The molecule has 0 saturated carbocycles. The summed E-state index contributed by atoms with van der Waals surface area (Å²) in [6.07, 6.45) is 3.17. The second-order valence-corrected chi connectivity index (χ2v) is 9.46. The molecule has 6 nitrogen and oxygen atoms in total. The van der Waals surface area contributed by atoms with Crippen molar-refractivity contribution >= 4 is 26.8 Å². The number of fused-ring (bicyclic) bond motifs is 1. The number of aromatic nitrogens is 1. The average molecular weight is 430 g/mol. The first-order chi connectivity index (χ1) is 14.4. The Morgan fingerprint density at radius 2 is 1.93 bits per heavy atom. The van der Waals surface area contributed by atoms with E-state index < -0.39 is 10.0 Å². The summed E-state index contributed by atoms with van der Waals surface area (Å²) in [7, 11) is -3.60. The van der Waals surface area contributed by atoms with Crippen LogP contribution >= 0.6 is 0 Å². The molecule has 0 bridgehead atoms. The lowest BCUT2D eigenvalue weighted by atomic mass is 9.99. The van der Waals surface area contributed by atoms with Gasteiger partial charge >= 0.3 is 0 Å². The fourth-order valence-corrected chi connectivity index (χ4v) is 5.46. The lowest BCUT2D eigenvalue weighted by molar-refractivity contribution is -0.126. The fraction of sp³-hybridized carbons (Fsp3) is 0.318. The second kappa shape index (κ2) is 8.57. The summed E-state index contributed by atoms with van der Waals surface area (Å²) in [5, 5.41) is 3.85. The quantitative estimate of drug-likeness (QED) is 0.655. The lowest BCUT2D eigenvalue weighted by Crippen LogP contribution is -2.45. The molecule has 1 N–H and O–H groups in total. The molecule has 1 atom stereocenters. The van der Waals surface area contributed by atoms with Gasteiger partial charge in [0.25, 0.3) is 0 Å². The van der Waals surface area contributed by atoms with Crippen LogP contribution in [0.4, 0.5) is 4.39 Å². The number of amides is 1. The average Bonchev–Trinajstić information content (AvgIpc) is 3.16. The number of halogens is 1. The Morgan fingerprint density at radius 1 is 1.13 bits per heavy atom. The maximum absolute atomic E-state index is 13.5. The van der Waals surface area contributed by atoms with Gasteiger partial charge in [0, 0.05) is 32.4 Å². The van der Waals surface area contributed by atoms with Gasteiger partial charge in [0.15, 0.2) is 0 Å². The molecule has 158 valence electrons. The van der Waals surface area contributed by atoms with E-state index >= 15 is 0 Å². The highest BCUT2D eigenvalue weighted by molar-refractivity contribution is 7.89. The van der Waals surface area contributed by atoms with Crippen LogP contribution in [-0.4, -0.2) is 42.8 Å². The molecule has 4 rings (SSSR count). The van der Waals surface area contributed by atoms with Gasteiger partial charge in [-0.25, -0.2) is 12.8 Å². The van der Waals surface area contributed by atoms with Gasteiger partial charge in [0.05, 0.1) is 16.3 Å². The van der Waals surface area contributed by atoms with Crippen molar-refractivity contribution in [2.45, 2.75) is 24.3 Å². The molecule has 1 amide bonds. The number of nitrogens with zero attached hydrogens (tertiary/aromatic N) is 2. The van der Waals surface area contributed by atoms with E-state index in [1.165, 1.54) is 16.4 Å². The first-order valence-electron chi connectivity index (χ1n) is 10.0. The molecule has 1 saturated heterocycles. The van der Waals surface area contributed by atoms with Crippen molar-refractivity contribution in [3.8, 4) is 0 Å². The van der Waals surface area contributed by atoms with E-state index in [0.29, 0.717) is 32.5 Å². The summed E-state index contributed by atoms with van der Waals surface area (Å²) in [6, 6.07) is 14.8. The maximum atomic E-state index is 13.5. The minimum Gasteiger partial charge on any atom is -0.354 e. The predicted octanol–water partition coefficient (Wildman–Crippen LogP) is 3.00. The minimum absolute atomic E-state index is 0.148. The third-order valence-electron chi connectivity index (χ3n) is 5.52. The lowest BCUT2D eigenvalue weighted by Gasteiger charge is -2.31. The highest BCUT2D eigenvalue weighted by Gasteiger charge is 2.33. The maximum Gasteiger partial charge on any atom is 0.243 e. The summed E-state index contributed by atoms with van der Waals surface area (Å²) < 4.78 is 42.5. The highest BCUT2D eigenvalue weighted by Crippen LogP contribution is 2.24. The molecular formula is C22H24FN3O3S. The summed E-state index contributed by atoms with van der Waals surface area (Å²) in [5.41, 5.74) is 0.780. The molecule has 0 unspecified atom stereocenters. The van der Waals surface area contributed by atoms with Crippen molar-refractivity contribution in [3.05, 3.63) is 66.6 Å². The van der Waals surface area contributed by atoms with Gasteiger partial charge in [-0.05, 0) is 54.6 Å². The molecule has 2 aromatic carbocycles.